The molecule has 0 aliphatic heterocycles. The predicted molar refractivity (Wildman–Crippen MR) is 91.7 cm³/mol. The maximum absolute atomic E-state index is 12.1. The van der Waals surface area contributed by atoms with Crippen molar-refractivity contribution in [3.05, 3.63) is 0 Å². The predicted octanol–water partition coefficient (Wildman–Crippen LogP) is 1.59. The summed E-state index contributed by atoms with van der Waals surface area (Å²) in [5.74, 6) is -1.00. The molecule has 0 spiro atoms. The Balaban J connectivity index is 2.36. The summed E-state index contributed by atoms with van der Waals surface area (Å²) in [5, 5.41) is 10.9. The average molecular weight is 359 g/mol. The van der Waals surface area contributed by atoms with Gasteiger partial charge in [0.15, 0.2) is 8.32 Å². The molecule has 138 valence electrons. The summed E-state index contributed by atoms with van der Waals surface area (Å²) in [5.41, 5.74) is 4.77. The highest BCUT2D eigenvalue weighted by molar-refractivity contribution is 6.74. The Bertz CT molecular complexity index is 498. The molecule has 1 saturated carbocycles. The molecule has 0 aromatic heterocycles. The van der Waals surface area contributed by atoms with Gasteiger partial charge in [0.05, 0.1) is 0 Å². The van der Waals surface area contributed by atoms with Gasteiger partial charge in [-0.25, -0.2) is 4.79 Å². The van der Waals surface area contributed by atoms with Gasteiger partial charge in [-0.3, -0.25) is 20.4 Å². The molecule has 1 rings (SSSR count). The van der Waals surface area contributed by atoms with Gasteiger partial charge >= 0.3 is 6.09 Å². The Hall–Kier alpha value is -1.61. The normalized spacial score (nSPS) is 22.1. The Labute approximate surface area is 143 Å². The minimum Gasteiger partial charge on any atom is -0.465 e. The van der Waals surface area contributed by atoms with Crippen molar-refractivity contribution in [3.63, 3.8) is 0 Å². The molecule has 0 radical (unpaired) electrons. The number of amides is 3. The van der Waals surface area contributed by atoms with Crippen LogP contribution in [0.5, 0.6) is 0 Å². The maximum atomic E-state index is 12.1. The maximum Gasteiger partial charge on any atom is 0.404 e. The number of nitrogens with one attached hydrogen (secondary N) is 3. The molecule has 1 fully saturated rings. The quantitative estimate of drug-likeness (QED) is 0.439. The highest BCUT2D eigenvalue weighted by Crippen LogP contribution is 2.37. The highest BCUT2D eigenvalue weighted by atomic mass is 28.4. The van der Waals surface area contributed by atoms with E-state index in [0.717, 1.165) is 0 Å². The largest absolute Gasteiger partial charge is 0.465 e. The van der Waals surface area contributed by atoms with Crippen LogP contribution in [0, 0.1) is 5.92 Å². The van der Waals surface area contributed by atoms with Crippen LogP contribution in [0.1, 0.15) is 40.5 Å². The topological polar surface area (TPSA) is 117 Å². The second-order valence-electron chi connectivity index (χ2n) is 7.81. The smallest absolute Gasteiger partial charge is 0.404 e. The fourth-order valence-electron chi connectivity index (χ4n) is 2.12. The average Bonchev–Trinajstić information content (AvgIpc) is 2.37. The van der Waals surface area contributed by atoms with E-state index in [-0.39, 0.29) is 22.9 Å². The Kier molecular flexibility index (Phi) is 6.40. The van der Waals surface area contributed by atoms with Crippen LogP contribution in [0.25, 0.3) is 0 Å². The van der Waals surface area contributed by atoms with Crippen LogP contribution >= 0.6 is 0 Å². The van der Waals surface area contributed by atoms with Gasteiger partial charge < -0.3 is 14.8 Å². The molecular formula is C15H29N3O5Si. The monoisotopic (exact) mass is 359 g/mol. The molecule has 4 N–H and O–H groups in total. The second-order valence-corrected chi connectivity index (χ2v) is 12.6. The van der Waals surface area contributed by atoms with Crippen molar-refractivity contribution in [1.82, 2.24) is 16.2 Å². The summed E-state index contributed by atoms with van der Waals surface area (Å²) in [4.78, 5) is 34.4. The number of rotatable bonds is 5. The van der Waals surface area contributed by atoms with E-state index in [1.165, 1.54) is 0 Å². The SMILES string of the molecule is CC(O[Si](C)(C)C(C)(C)C)C(=O)NNC(=O)C1CC(NC(=O)O)C1. The van der Waals surface area contributed by atoms with Crippen molar-refractivity contribution in [2.75, 3.05) is 0 Å². The van der Waals surface area contributed by atoms with Crippen LogP contribution in [0.2, 0.25) is 18.1 Å². The van der Waals surface area contributed by atoms with Gasteiger partial charge in [0.25, 0.3) is 5.91 Å². The van der Waals surface area contributed by atoms with E-state index in [9.17, 15) is 14.4 Å². The molecule has 0 heterocycles. The third-order valence-corrected chi connectivity index (χ3v) is 9.35. The third kappa shape index (κ3) is 5.48. The van der Waals surface area contributed by atoms with E-state index in [1.54, 1.807) is 6.92 Å². The number of hydrazine groups is 1. The fraction of sp³-hybridized carbons (Fsp3) is 0.800. The lowest BCUT2D eigenvalue weighted by Gasteiger charge is -2.38. The minimum absolute atomic E-state index is 0.0110. The van der Waals surface area contributed by atoms with E-state index >= 15 is 0 Å². The van der Waals surface area contributed by atoms with Crippen molar-refractivity contribution in [2.24, 2.45) is 5.92 Å². The number of hydrogen-bond donors (Lipinski definition) is 4. The Morgan fingerprint density at radius 1 is 1.17 bits per heavy atom. The van der Waals surface area contributed by atoms with E-state index in [4.69, 9.17) is 9.53 Å². The summed E-state index contributed by atoms with van der Waals surface area (Å²) in [6, 6.07) is -0.199. The van der Waals surface area contributed by atoms with Gasteiger partial charge in [0.1, 0.15) is 6.10 Å². The van der Waals surface area contributed by atoms with Gasteiger partial charge in [-0.05, 0) is 37.9 Å². The Morgan fingerprint density at radius 3 is 2.17 bits per heavy atom. The van der Waals surface area contributed by atoms with E-state index < -0.39 is 26.4 Å². The zero-order valence-corrected chi connectivity index (χ0v) is 16.2. The van der Waals surface area contributed by atoms with Gasteiger partial charge in [0, 0.05) is 12.0 Å². The van der Waals surface area contributed by atoms with Crippen LogP contribution in [0.4, 0.5) is 4.79 Å². The van der Waals surface area contributed by atoms with Gasteiger partial charge in [-0.1, -0.05) is 20.8 Å². The number of carbonyl (C=O) groups is 3. The summed E-state index contributed by atoms with van der Waals surface area (Å²) in [6.07, 6.45) is -0.883. The van der Waals surface area contributed by atoms with Gasteiger partial charge in [0.2, 0.25) is 5.91 Å². The lowest BCUT2D eigenvalue weighted by atomic mass is 9.80. The zero-order chi connectivity index (χ0) is 18.7. The van der Waals surface area contributed by atoms with Crippen LogP contribution in [0.15, 0.2) is 0 Å². The van der Waals surface area contributed by atoms with E-state index in [1.807, 2.05) is 0 Å². The molecule has 0 aromatic rings. The lowest BCUT2D eigenvalue weighted by Crippen LogP contribution is -2.55. The first-order valence-corrected chi connectivity index (χ1v) is 11.0. The first-order chi connectivity index (χ1) is 10.8. The fourth-order valence-corrected chi connectivity index (χ4v) is 3.47. The lowest BCUT2D eigenvalue weighted by molar-refractivity contribution is -0.136. The van der Waals surface area contributed by atoms with Crippen molar-refractivity contribution < 1.29 is 23.9 Å². The summed E-state index contributed by atoms with van der Waals surface area (Å²) >= 11 is 0. The molecule has 1 aliphatic carbocycles. The summed E-state index contributed by atoms with van der Waals surface area (Å²) in [7, 11) is -2.07. The first-order valence-electron chi connectivity index (χ1n) is 8.10. The van der Waals surface area contributed by atoms with Crippen LogP contribution < -0.4 is 16.2 Å². The van der Waals surface area contributed by atoms with Crippen molar-refractivity contribution in [2.45, 2.75) is 70.8 Å². The molecule has 0 bridgehead atoms. The van der Waals surface area contributed by atoms with Gasteiger partial charge in [-0.15, -0.1) is 0 Å². The molecule has 1 atom stereocenters. The number of carboxylic acid groups (broad SMARTS) is 1. The first kappa shape index (κ1) is 20.4. The van der Waals surface area contributed by atoms with Crippen molar-refractivity contribution in [3.8, 4) is 0 Å². The molecular weight excluding hydrogens is 330 g/mol. The molecule has 8 nitrogen and oxygen atoms in total. The highest BCUT2D eigenvalue weighted by Gasteiger charge is 2.40. The third-order valence-electron chi connectivity index (χ3n) is 4.79. The zero-order valence-electron chi connectivity index (χ0n) is 15.2. The second kappa shape index (κ2) is 7.52. The molecule has 1 aliphatic rings. The number of carbonyl (C=O) groups excluding carboxylic acids is 2. The Morgan fingerprint density at radius 2 is 1.71 bits per heavy atom. The molecule has 1 unspecified atom stereocenters. The standard InChI is InChI=1S/C15H29N3O5Si/c1-9(23-24(5,6)15(2,3)4)12(19)17-18-13(20)10-7-11(8-10)16-14(21)22/h9-11,16H,7-8H2,1-6H3,(H,17,19)(H,18,20)(H,21,22). The van der Waals surface area contributed by atoms with Crippen LogP contribution in [-0.2, 0) is 14.0 Å². The van der Waals surface area contributed by atoms with Crippen LogP contribution in [0.3, 0.4) is 0 Å². The molecule has 9 heteroatoms. The van der Waals surface area contributed by atoms with Crippen molar-refractivity contribution >= 4 is 26.2 Å². The summed E-state index contributed by atoms with van der Waals surface area (Å²) in [6.45, 7) is 12.0. The van der Waals surface area contributed by atoms with Gasteiger partial charge in [-0.2, -0.15) is 0 Å². The van der Waals surface area contributed by atoms with Crippen LogP contribution in [-0.4, -0.2) is 43.5 Å². The molecule has 24 heavy (non-hydrogen) atoms. The molecule has 0 saturated heterocycles. The van der Waals surface area contributed by atoms with Crippen molar-refractivity contribution in [1.29, 1.82) is 0 Å². The summed E-state index contributed by atoms with van der Waals surface area (Å²) < 4.78 is 5.96. The number of hydrogen-bond acceptors (Lipinski definition) is 4. The minimum atomic E-state index is -2.07. The molecule has 0 aromatic carbocycles. The van der Waals surface area contributed by atoms with E-state index in [0.29, 0.717) is 12.8 Å². The molecule has 3 amide bonds. The van der Waals surface area contributed by atoms with E-state index in [2.05, 4.69) is 50.0 Å².